The van der Waals surface area contributed by atoms with E-state index in [1.165, 1.54) is 38.5 Å². The molecule has 6 heteroatoms. The lowest BCUT2D eigenvalue weighted by molar-refractivity contribution is -0.125. The molecule has 0 aromatic rings. The molecule has 1 aliphatic heterocycles. The minimum Gasteiger partial charge on any atom is -0.369 e. The molecule has 0 aromatic heterocycles. The van der Waals surface area contributed by atoms with Gasteiger partial charge in [-0.1, -0.05) is 19.3 Å². The zero-order valence-electron chi connectivity index (χ0n) is 14.6. The van der Waals surface area contributed by atoms with Gasteiger partial charge in [0.1, 0.15) is 0 Å². The third-order valence-corrected chi connectivity index (χ3v) is 5.32. The van der Waals surface area contributed by atoms with Gasteiger partial charge in [0.25, 0.3) is 0 Å². The molecule has 6 nitrogen and oxygen atoms in total. The Hall–Kier alpha value is -1.30. The number of carbonyl (C=O) groups is 2. The molecule has 3 amide bonds. The van der Waals surface area contributed by atoms with Gasteiger partial charge in [-0.2, -0.15) is 0 Å². The van der Waals surface area contributed by atoms with Crippen LogP contribution >= 0.6 is 0 Å². The molecule has 132 valence electrons. The van der Waals surface area contributed by atoms with Gasteiger partial charge in [-0.15, -0.1) is 0 Å². The predicted molar refractivity (Wildman–Crippen MR) is 91.0 cm³/mol. The normalized spacial score (nSPS) is 23.7. The summed E-state index contributed by atoms with van der Waals surface area (Å²) in [5, 5.41) is 5.71. The Morgan fingerprint density at radius 2 is 1.78 bits per heavy atom. The van der Waals surface area contributed by atoms with Crippen molar-refractivity contribution >= 4 is 11.9 Å². The Bertz CT molecular complexity index is 419. The fourth-order valence-electron chi connectivity index (χ4n) is 3.63. The largest absolute Gasteiger partial charge is 0.369 e. The maximum atomic E-state index is 12.0. The van der Waals surface area contributed by atoms with Gasteiger partial charge in [0.05, 0.1) is 5.41 Å². The lowest BCUT2D eigenvalue weighted by atomic mass is 9.93. The van der Waals surface area contributed by atoms with Gasteiger partial charge in [0, 0.05) is 25.2 Å². The van der Waals surface area contributed by atoms with Gasteiger partial charge in [-0.3, -0.25) is 9.69 Å². The number of primary amides is 1. The van der Waals surface area contributed by atoms with E-state index in [4.69, 9.17) is 5.73 Å². The number of amides is 3. The van der Waals surface area contributed by atoms with E-state index >= 15 is 0 Å². The highest BCUT2D eigenvalue weighted by molar-refractivity contribution is 5.81. The van der Waals surface area contributed by atoms with Crippen LogP contribution in [0.15, 0.2) is 0 Å². The maximum Gasteiger partial charge on any atom is 0.314 e. The molecule has 1 heterocycles. The second-order valence-corrected chi connectivity index (χ2v) is 7.64. The summed E-state index contributed by atoms with van der Waals surface area (Å²) in [4.78, 5) is 25.8. The first-order chi connectivity index (χ1) is 10.9. The molecule has 1 saturated carbocycles. The highest BCUT2D eigenvalue weighted by atomic mass is 16.2. The van der Waals surface area contributed by atoms with Crippen molar-refractivity contribution in [3.63, 3.8) is 0 Å². The standard InChI is InChI=1S/C17H32N4O2/c1-17(2,15(18)22)12-20-16(23)19-11-14-9-6-10-21(14)13-7-4-3-5-8-13/h13-14H,3-12H2,1-2H3,(H2,18,22)(H2,19,20,23). The first-order valence-electron chi connectivity index (χ1n) is 8.97. The van der Waals surface area contributed by atoms with Crippen LogP contribution in [0.5, 0.6) is 0 Å². The van der Waals surface area contributed by atoms with Gasteiger partial charge >= 0.3 is 6.03 Å². The van der Waals surface area contributed by atoms with E-state index in [0.29, 0.717) is 18.6 Å². The number of nitrogens with two attached hydrogens (primary N) is 1. The summed E-state index contributed by atoms with van der Waals surface area (Å²) in [5.74, 6) is -0.405. The molecule has 0 radical (unpaired) electrons. The highest BCUT2D eigenvalue weighted by Gasteiger charge is 2.31. The number of urea groups is 1. The smallest absolute Gasteiger partial charge is 0.314 e. The Kier molecular flexibility index (Phi) is 6.27. The molecule has 2 aliphatic rings. The fourth-order valence-corrected chi connectivity index (χ4v) is 3.63. The molecular formula is C17H32N4O2. The van der Waals surface area contributed by atoms with E-state index in [1.54, 1.807) is 13.8 Å². The lowest BCUT2D eigenvalue weighted by Gasteiger charge is -2.35. The summed E-state index contributed by atoms with van der Waals surface area (Å²) < 4.78 is 0. The molecule has 2 fully saturated rings. The molecule has 1 saturated heterocycles. The summed E-state index contributed by atoms with van der Waals surface area (Å²) >= 11 is 0. The van der Waals surface area contributed by atoms with Gasteiger partial charge in [-0.25, -0.2) is 4.79 Å². The van der Waals surface area contributed by atoms with Crippen LogP contribution in [0.4, 0.5) is 4.79 Å². The summed E-state index contributed by atoms with van der Waals surface area (Å²) in [6.45, 7) is 5.56. The van der Waals surface area contributed by atoms with Crippen LogP contribution in [-0.2, 0) is 4.79 Å². The van der Waals surface area contributed by atoms with Crippen molar-refractivity contribution in [3.05, 3.63) is 0 Å². The number of hydrogen-bond donors (Lipinski definition) is 3. The molecule has 0 spiro atoms. The van der Waals surface area contributed by atoms with Crippen molar-refractivity contribution in [1.29, 1.82) is 0 Å². The van der Waals surface area contributed by atoms with Crippen molar-refractivity contribution in [2.45, 2.75) is 70.9 Å². The Morgan fingerprint density at radius 1 is 1.09 bits per heavy atom. The number of nitrogens with one attached hydrogen (secondary N) is 2. The molecule has 1 unspecified atom stereocenters. The minimum atomic E-state index is -0.723. The van der Waals surface area contributed by atoms with Crippen LogP contribution in [0.2, 0.25) is 0 Å². The average molecular weight is 324 g/mol. The first kappa shape index (κ1) is 18.0. The fraction of sp³-hybridized carbons (Fsp3) is 0.882. The summed E-state index contributed by atoms with van der Waals surface area (Å²) in [6, 6.07) is 0.942. The molecule has 2 rings (SSSR count). The van der Waals surface area contributed by atoms with E-state index in [9.17, 15) is 9.59 Å². The quantitative estimate of drug-likeness (QED) is 0.693. The summed E-state index contributed by atoms with van der Waals surface area (Å²) in [6.07, 6.45) is 9.02. The van der Waals surface area contributed by atoms with Crippen LogP contribution in [-0.4, -0.2) is 48.6 Å². The van der Waals surface area contributed by atoms with Gasteiger partial charge in [-0.05, 0) is 46.1 Å². The molecule has 1 atom stereocenters. The number of carbonyl (C=O) groups excluding carboxylic acids is 2. The topological polar surface area (TPSA) is 87.5 Å². The first-order valence-corrected chi connectivity index (χ1v) is 8.97. The predicted octanol–water partition coefficient (Wildman–Crippen LogP) is 1.59. The van der Waals surface area contributed by atoms with E-state index in [1.807, 2.05) is 0 Å². The average Bonchev–Trinajstić information content (AvgIpc) is 3.00. The SMILES string of the molecule is CC(C)(CNC(=O)NCC1CCCN1C1CCCCC1)C(N)=O. The van der Waals surface area contributed by atoms with Crippen molar-refractivity contribution in [2.24, 2.45) is 11.1 Å². The second-order valence-electron chi connectivity index (χ2n) is 7.64. The van der Waals surface area contributed by atoms with Crippen molar-refractivity contribution in [3.8, 4) is 0 Å². The highest BCUT2D eigenvalue weighted by Crippen LogP contribution is 2.28. The van der Waals surface area contributed by atoms with Crippen molar-refractivity contribution in [1.82, 2.24) is 15.5 Å². The molecule has 1 aliphatic carbocycles. The Balaban J connectivity index is 1.73. The van der Waals surface area contributed by atoms with E-state index in [0.717, 1.165) is 13.0 Å². The van der Waals surface area contributed by atoms with Crippen LogP contribution in [0.3, 0.4) is 0 Å². The lowest BCUT2D eigenvalue weighted by Crippen LogP contribution is -2.50. The second kappa shape index (κ2) is 7.99. The summed E-state index contributed by atoms with van der Waals surface area (Å²) in [7, 11) is 0. The summed E-state index contributed by atoms with van der Waals surface area (Å²) in [5.41, 5.74) is 4.59. The van der Waals surface area contributed by atoms with Crippen LogP contribution in [0.25, 0.3) is 0 Å². The monoisotopic (exact) mass is 324 g/mol. The van der Waals surface area contributed by atoms with Crippen molar-refractivity contribution < 1.29 is 9.59 Å². The third-order valence-electron chi connectivity index (χ3n) is 5.32. The van der Waals surface area contributed by atoms with Gasteiger partial charge in [0.2, 0.25) is 5.91 Å². The number of rotatable bonds is 6. The maximum absolute atomic E-state index is 12.0. The zero-order chi connectivity index (χ0) is 16.9. The molecule has 4 N–H and O–H groups in total. The van der Waals surface area contributed by atoms with Crippen molar-refractivity contribution in [2.75, 3.05) is 19.6 Å². The zero-order valence-corrected chi connectivity index (χ0v) is 14.6. The number of hydrogen-bond acceptors (Lipinski definition) is 3. The molecule has 0 aromatic carbocycles. The minimum absolute atomic E-state index is 0.213. The molecule has 23 heavy (non-hydrogen) atoms. The Morgan fingerprint density at radius 3 is 2.43 bits per heavy atom. The van der Waals surface area contributed by atoms with E-state index in [2.05, 4.69) is 15.5 Å². The van der Waals surface area contributed by atoms with Gasteiger partial charge in [0.15, 0.2) is 0 Å². The van der Waals surface area contributed by atoms with E-state index < -0.39 is 11.3 Å². The van der Waals surface area contributed by atoms with Crippen LogP contribution in [0, 0.1) is 5.41 Å². The van der Waals surface area contributed by atoms with Crippen LogP contribution < -0.4 is 16.4 Å². The number of likely N-dealkylation sites (tertiary alicyclic amines) is 1. The molecule has 0 bridgehead atoms. The van der Waals surface area contributed by atoms with Crippen LogP contribution in [0.1, 0.15) is 58.8 Å². The van der Waals surface area contributed by atoms with Gasteiger partial charge < -0.3 is 16.4 Å². The number of nitrogens with zero attached hydrogens (tertiary/aromatic N) is 1. The molecular weight excluding hydrogens is 292 g/mol. The van der Waals surface area contributed by atoms with E-state index in [-0.39, 0.29) is 12.6 Å². The Labute approximate surface area is 139 Å². The third kappa shape index (κ3) is 5.09.